The van der Waals surface area contributed by atoms with Gasteiger partial charge in [0.25, 0.3) is 0 Å². The second kappa shape index (κ2) is 5.83. The molecule has 0 aliphatic carbocycles. The van der Waals surface area contributed by atoms with E-state index in [0.29, 0.717) is 12.1 Å². The van der Waals surface area contributed by atoms with Crippen LogP contribution in [0.15, 0.2) is 18.3 Å². The maximum atomic E-state index is 12.7. The van der Waals surface area contributed by atoms with Crippen molar-refractivity contribution in [3.05, 3.63) is 45.2 Å². The fraction of sp³-hybridized carbons (Fsp3) is 0.0833. The molecule has 1 aromatic heterocycles. The first-order valence-electron chi connectivity index (χ1n) is 5.45. The van der Waals surface area contributed by atoms with Crippen LogP contribution in [0.2, 0.25) is 10.0 Å². The molecule has 0 aliphatic rings. The normalized spacial score (nSPS) is 11.3. The fourth-order valence-electron chi connectivity index (χ4n) is 1.74. The molecule has 1 aromatic carbocycles. The summed E-state index contributed by atoms with van der Waals surface area (Å²) < 4.78 is 39.0. The topological polar surface area (TPSA) is 58.7 Å². The van der Waals surface area contributed by atoms with Crippen LogP contribution in [-0.4, -0.2) is 14.9 Å². The fourth-order valence-corrected chi connectivity index (χ4v) is 2.60. The van der Waals surface area contributed by atoms with Gasteiger partial charge in [0.2, 0.25) is 5.12 Å². The number of hydrogen-bond acceptors (Lipinski definition) is 3. The highest BCUT2D eigenvalue weighted by atomic mass is 35.5. The van der Waals surface area contributed by atoms with Crippen molar-refractivity contribution < 1.29 is 18.0 Å². The molecule has 2 rings (SSSR count). The van der Waals surface area contributed by atoms with Crippen LogP contribution in [-0.2, 0) is 6.18 Å². The Hall–Kier alpha value is -1.69. The van der Waals surface area contributed by atoms with Gasteiger partial charge in [-0.05, 0) is 12.1 Å². The van der Waals surface area contributed by atoms with Crippen molar-refractivity contribution in [2.45, 2.75) is 6.18 Å². The lowest BCUT2D eigenvalue weighted by atomic mass is 10.2. The van der Waals surface area contributed by atoms with Gasteiger partial charge in [0.05, 0.1) is 21.8 Å². The van der Waals surface area contributed by atoms with E-state index in [-0.39, 0.29) is 27.0 Å². The quantitative estimate of drug-likeness (QED) is 0.813. The van der Waals surface area contributed by atoms with E-state index in [0.717, 1.165) is 10.9 Å². The molecule has 0 aliphatic heterocycles. The number of halogens is 5. The Labute approximate surface area is 137 Å². The molecule has 4 nitrogen and oxygen atoms in total. The van der Waals surface area contributed by atoms with Gasteiger partial charge >= 0.3 is 6.18 Å². The van der Waals surface area contributed by atoms with Crippen LogP contribution in [0.25, 0.3) is 5.69 Å². The minimum atomic E-state index is -4.63. The number of rotatable bonds is 2. The SMILES string of the molecule is N#Cc1cnn(-c2c(Cl)cc(C(F)(F)F)cc2Cl)c1C(=O)S. The van der Waals surface area contributed by atoms with Gasteiger partial charge in [-0.15, -0.1) is 0 Å². The van der Waals surface area contributed by atoms with Crippen LogP contribution in [0, 0.1) is 11.3 Å². The van der Waals surface area contributed by atoms with E-state index >= 15 is 0 Å². The van der Waals surface area contributed by atoms with Gasteiger partial charge in [0.15, 0.2) is 0 Å². The van der Waals surface area contributed by atoms with Crippen molar-refractivity contribution in [3.8, 4) is 11.8 Å². The number of alkyl halides is 3. The molecule has 0 saturated heterocycles. The molecule has 0 unspecified atom stereocenters. The van der Waals surface area contributed by atoms with E-state index in [1.54, 1.807) is 6.07 Å². The smallest absolute Gasteiger partial charge is 0.280 e. The van der Waals surface area contributed by atoms with E-state index in [2.05, 4.69) is 17.7 Å². The molecular formula is C12H4Cl2F3N3OS. The zero-order chi connectivity index (χ0) is 16.7. The number of carbonyl (C=O) groups is 1. The highest BCUT2D eigenvalue weighted by Gasteiger charge is 2.32. The minimum absolute atomic E-state index is 0.105. The van der Waals surface area contributed by atoms with Crippen molar-refractivity contribution in [3.63, 3.8) is 0 Å². The molecule has 0 fully saturated rings. The van der Waals surface area contributed by atoms with Crippen LogP contribution >= 0.6 is 35.8 Å². The predicted molar refractivity (Wildman–Crippen MR) is 76.6 cm³/mol. The predicted octanol–water partition coefficient (Wildman–Crippen LogP) is 4.14. The van der Waals surface area contributed by atoms with Gasteiger partial charge in [-0.1, -0.05) is 35.8 Å². The Bertz CT molecular complexity index is 788. The number of nitriles is 1. The average molecular weight is 366 g/mol. The van der Waals surface area contributed by atoms with Crippen LogP contribution in [0.1, 0.15) is 21.6 Å². The van der Waals surface area contributed by atoms with E-state index in [1.807, 2.05) is 0 Å². The summed E-state index contributed by atoms with van der Waals surface area (Å²) in [5, 5.41) is 11.1. The Balaban J connectivity index is 2.73. The molecule has 114 valence electrons. The molecule has 0 radical (unpaired) electrons. The Morgan fingerprint density at radius 2 is 1.86 bits per heavy atom. The molecule has 0 saturated carbocycles. The number of thiol groups is 1. The number of hydrogen-bond donors (Lipinski definition) is 1. The lowest BCUT2D eigenvalue weighted by Gasteiger charge is -2.13. The van der Waals surface area contributed by atoms with Crippen molar-refractivity contribution in [1.82, 2.24) is 9.78 Å². The van der Waals surface area contributed by atoms with Crippen LogP contribution in [0.5, 0.6) is 0 Å². The van der Waals surface area contributed by atoms with E-state index in [9.17, 15) is 18.0 Å². The van der Waals surface area contributed by atoms with E-state index < -0.39 is 16.9 Å². The lowest BCUT2D eigenvalue weighted by Crippen LogP contribution is -2.10. The Kier molecular flexibility index (Phi) is 4.42. The zero-order valence-corrected chi connectivity index (χ0v) is 12.7. The summed E-state index contributed by atoms with van der Waals surface area (Å²) in [6.45, 7) is 0. The molecular weight excluding hydrogens is 362 g/mol. The summed E-state index contributed by atoms with van der Waals surface area (Å²) in [5.74, 6) is 0. The second-order valence-electron chi connectivity index (χ2n) is 4.02. The first-order valence-corrected chi connectivity index (χ1v) is 6.65. The van der Waals surface area contributed by atoms with Gasteiger partial charge in [-0.3, -0.25) is 4.79 Å². The zero-order valence-electron chi connectivity index (χ0n) is 10.3. The Morgan fingerprint density at radius 1 is 1.32 bits per heavy atom. The largest absolute Gasteiger partial charge is 0.416 e. The molecule has 22 heavy (non-hydrogen) atoms. The first kappa shape index (κ1) is 16.7. The number of carbonyl (C=O) groups excluding carboxylic acids is 1. The third-order valence-electron chi connectivity index (χ3n) is 2.65. The van der Waals surface area contributed by atoms with Crippen molar-refractivity contribution in [2.24, 2.45) is 0 Å². The van der Waals surface area contributed by atoms with Crippen molar-refractivity contribution in [2.75, 3.05) is 0 Å². The number of aromatic nitrogens is 2. The molecule has 0 spiro atoms. The first-order chi connectivity index (χ1) is 10.2. The van der Waals surface area contributed by atoms with Gasteiger partial charge in [-0.2, -0.15) is 23.5 Å². The number of nitrogens with zero attached hydrogens (tertiary/aromatic N) is 3. The standard InChI is InChI=1S/C12H4Cl2F3N3OS/c13-7-1-6(12(15,16)17)2-8(14)10(7)20-9(11(21)22)5(3-18)4-19-20/h1-2,4H,(H,21,22). The van der Waals surface area contributed by atoms with E-state index in [1.165, 1.54) is 0 Å². The molecule has 0 bridgehead atoms. The summed E-state index contributed by atoms with van der Waals surface area (Å²) >= 11 is 15.3. The molecule has 0 amide bonds. The van der Waals surface area contributed by atoms with E-state index in [4.69, 9.17) is 28.5 Å². The lowest BCUT2D eigenvalue weighted by molar-refractivity contribution is -0.137. The highest BCUT2D eigenvalue weighted by molar-refractivity contribution is 7.97. The molecule has 2 aromatic rings. The molecule has 0 atom stereocenters. The second-order valence-corrected chi connectivity index (χ2v) is 5.24. The van der Waals surface area contributed by atoms with Gasteiger partial charge in [0, 0.05) is 0 Å². The number of benzene rings is 1. The summed E-state index contributed by atoms with van der Waals surface area (Å²) in [6.07, 6.45) is -3.57. The minimum Gasteiger partial charge on any atom is -0.280 e. The van der Waals surface area contributed by atoms with Gasteiger partial charge < -0.3 is 0 Å². The van der Waals surface area contributed by atoms with Crippen LogP contribution < -0.4 is 0 Å². The third kappa shape index (κ3) is 2.92. The highest BCUT2D eigenvalue weighted by Crippen LogP contribution is 2.38. The van der Waals surface area contributed by atoms with Gasteiger partial charge in [-0.25, -0.2) is 4.68 Å². The summed E-state index contributed by atoms with van der Waals surface area (Å²) in [5.41, 5.74) is -1.53. The van der Waals surface area contributed by atoms with Crippen molar-refractivity contribution in [1.29, 1.82) is 5.26 Å². The Morgan fingerprint density at radius 3 is 2.27 bits per heavy atom. The maximum absolute atomic E-state index is 12.7. The average Bonchev–Trinajstić information content (AvgIpc) is 2.80. The van der Waals surface area contributed by atoms with Crippen LogP contribution in [0.3, 0.4) is 0 Å². The molecule has 10 heteroatoms. The molecule has 0 N–H and O–H groups in total. The third-order valence-corrected chi connectivity index (χ3v) is 3.44. The monoisotopic (exact) mass is 365 g/mol. The summed E-state index contributed by atoms with van der Waals surface area (Å²) in [6, 6.07) is 3.03. The van der Waals surface area contributed by atoms with Crippen LogP contribution in [0.4, 0.5) is 13.2 Å². The maximum Gasteiger partial charge on any atom is 0.416 e. The molecule has 1 heterocycles. The summed E-state index contributed by atoms with van der Waals surface area (Å²) in [7, 11) is 0. The van der Waals surface area contributed by atoms with Crippen molar-refractivity contribution >= 4 is 40.9 Å². The van der Waals surface area contributed by atoms with Gasteiger partial charge in [0.1, 0.15) is 23.0 Å². The summed E-state index contributed by atoms with van der Waals surface area (Å²) in [4.78, 5) is 11.5.